The van der Waals surface area contributed by atoms with Gasteiger partial charge in [-0.2, -0.15) is 5.26 Å². The van der Waals surface area contributed by atoms with Gasteiger partial charge in [0.15, 0.2) is 11.8 Å². The van der Waals surface area contributed by atoms with Crippen LogP contribution in [-0.2, 0) is 4.79 Å². The number of nitriles is 1. The van der Waals surface area contributed by atoms with E-state index in [1.807, 2.05) is 0 Å². The Morgan fingerprint density at radius 2 is 2.15 bits per heavy atom. The van der Waals surface area contributed by atoms with E-state index in [1.165, 1.54) is 0 Å². The summed E-state index contributed by atoms with van der Waals surface area (Å²) in [5, 5.41) is 16.9. The number of rotatable bonds is 7. The van der Waals surface area contributed by atoms with Gasteiger partial charge >= 0.3 is 0 Å². The third-order valence-electron chi connectivity index (χ3n) is 1.89. The lowest BCUT2D eigenvalue weighted by Crippen LogP contribution is -2.66. The van der Waals surface area contributed by atoms with Gasteiger partial charge in [-0.1, -0.05) is 6.42 Å². The zero-order chi connectivity index (χ0) is 10.1. The Kier molecular flexibility index (Phi) is 7.17. The Labute approximate surface area is 78.3 Å². The highest BCUT2D eigenvalue weighted by molar-refractivity contribution is 5.82. The third kappa shape index (κ3) is 6.26. The fraction of sp³-hybridized carbons (Fsp3) is 0.778. The summed E-state index contributed by atoms with van der Waals surface area (Å²) in [6.07, 6.45) is 3.58. The molecule has 0 aliphatic heterocycles. The maximum absolute atomic E-state index is 11.1. The van der Waals surface area contributed by atoms with Gasteiger partial charge in [-0.15, -0.1) is 0 Å². The molecule has 0 aromatic rings. The number of unbranched alkanes of at least 4 members (excludes halogenated alkanes) is 3. The number of Topliss-reactive ketones (excluding diaryl/α,β-unsaturated/α-hetero) is 1. The van der Waals surface area contributed by atoms with E-state index in [-0.39, 0.29) is 12.4 Å². The van der Waals surface area contributed by atoms with Gasteiger partial charge in [-0.05, 0) is 12.8 Å². The minimum absolute atomic E-state index is 0.0134. The van der Waals surface area contributed by atoms with E-state index in [0.717, 1.165) is 19.3 Å². The normalized spacial score (nSPS) is 12.1. The van der Waals surface area contributed by atoms with Gasteiger partial charge in [-0.25, -0.2) is 0 Å². The van der Waals surface area contributed by atoms with E-state index in [2.05, 4.69) is 11.8 Å². The SMILES string of the molecule is N#CCCCCCC(=O)C([NH3+])CO. The van der Waals surface area contributed by atoms with Crippen molar-refractivity contribution in [2.75, 3.05) is 6.61 Å². The molecule has 0 amide bonds. The molecule has 0 rings (SSSR count). The van der Waals surface area contributed by atoms with Gasteiger partial charge in [0.1, 0.15) is 6.61 Å². The number of hydrogen-bond acceptors (Lipinski definition) is 3. The maximum Gasteiger partial charge on any atom is 0.192 e. The lowest BCUT2D eigenvalue weighted by Gasteiger charge is -2.02. The van der Waals surface area contributed by atoms with Crippen LogP contribution in [0, 0.1) is 11.3 Å². The summed E-state index contributed by atoms with van der Waals surface area (Å²) < 4.78 is 0. The second-order valence-corrected chi connectivity index (χ2v) is 3.06. The van der Waals surface area contributed by atoms with Gasteiger partial charge in [-0.3, -0.25) is 4.79 Å². The zero-order valence-electron chi connectivity index (χ0n) is 7.83. The van der Waals surface area contributed by atoms with Crippen molar-refractivity contribution >= 4 is 5.78 Å². The van der Waals surface area contributed by atoms with Crippen molar-refractivity contribution in [2.24, 2.45) is 0 Å². The van der Waals surface area contributed by atoms with Gasteiger partial charge in [0, 0.05) is 12.8 Å². The van der Waals surface area contributed by atoms with Crippen LogP contribution < -0.4 is 5.73 Å². The number of hydrogen-bond donors (Lipinski definition) is 2. The number of carbonyl (C=O) groups excluding carboxylic acids is 1. The summed E-state index contributed by atoms with van der Waals surface area (Å²) in [4.78, 5) is 11.1. The molecule has 1 unspecified atom stereocenters. The first-order valence-electron chi connectivity index (χ1n) is 4.56. The van der Waals surface area contributed by atoms with E-state index in [0.29, 0.717) is 12.8 Å². The van der Waals surface area contributed by atoms with Crippen molar-refractivity contribution in [1.82, 2.24) is 0 Å². The molecule has 0 aromatic carbocycles. The number of aliphatic hydroxyl groups excluding tert-OH is 1. The molecule has 0 heterocycles. The van der Waals surface area contributed by atoms with Crippen LogP contribution in [0.3, 0.4) is 0 Å². The molecule has 4 heteroatoms. The molecule has 0 aromatic heterocycles. The predicted octanol–water partition coefficient (Wildman–Crippen LogP) is -0.368. The smallest absolute Gasteiger partial charge is 0.192 e. The lowest BCUT2D eigenvalue weighted by atomic mass is 10.1. The lowest BCUT2D eigenvalue weighted by molar-refractivity contribution is -0.408. The van der Waals surface area contributed by atoms with E-state index >= 15 is 0 Å². The van der Waals surface area contributed by atoms with Gasteiger partial charge in [0.05, 0.1) is 6.07 Å². The second-order valence-electron chi connectivity index (χ2n) is 3.06. The van der Waals surface area contributed by atoms with Crippen LogP contribution in [0.25, 0.3) is 0 Å². The van der Waals surface area contributed by atoms with Gasteiger partial charge in [0.2, 0.25) is 0 Å². The Morgan fingerprint density at radius 3 is 2.69 bits per heavy atom. The topological polar surface area (TPSA) is 88.7 Å². The standard InChI is InChI=1S/C9H16N2O2/c10-6-4-2-1-3-5-9(13)8(11)7-12/h8,12H,1-5,7,11H2/p+1. The summed E-state index contributed by atoms with van der Waals surface area (Å²) in [7, 11) is 0. The fourth-order valence-electron chi connectivity index (χ4n) is 0.986. The largest absolute Gasteiger partial charge is 0.390 e. The van der Waals surface area contributed by atoms with E-state index in [1.54, 1.807) is 0 Å². The van der Waals surface area contributed by atoms with Crippen molar-refractivity contribution in [3.8, 4) is 6.07 Å². The van der Waals surface area contributed by atoms with E-state index in [9.17, 15) is 4.79 Å². The molecule has 0 spiro atoms. The summed E-state index contributed by atoms with van der Waals surface area (Å²) in [5.41, 5.74) is 3.52. The summed E-state index contributed by atoms with van der Waals surface area (Å²) in [5.74, 6) is 0.0134. The van der Waals surface area contributed by atoms with E-state index < -0.39 is 6.04 Å². The van der Waals surface area contributed by atoms with Gasteiger partial charge < -0.3 is 10.8 Å². The highest BCUT2D eigenvalue weighted by atomic mass is 16.3. The Balaban J connectivity index is 3.33. The number of nitrogens with zero attached hydrogens (tertiary/aromatic N) is 1. The molecule has 0 fully saturated rings. The minimum Gasteiger partial charge on any atom is -0.390 e. The van der Waals surface area contributed by atoms with Crippen molar-refractivity contribution < 1.29 is 15.6 Å². The van der Waals surface area contributed by atoms with Crippen molar-refractivity contribution in [2.45, 2.75) is 38.1 Å². The molecule has 0 bridgehead atoms. The number of aliphatic hydroxyl groups is 1. The first-order valence-corrected chi connectivity index (χ1v) is 4.56. The maximum atomic E-state index is 11.1. The van der Waals surface area contributed by atoms with Crippen LogP contribution in [0.5, 0.6) is 0 Å². The molecular formula is C9H17N2O2+. The molecule has 0 radical (unpaired) electrons. The molecule has 13 heavy (non-hydrogen) atoms. The van der Waals surface area contributed by atoms with Crippen molar-refractivity contribution in [3.05, 3.63) is 0 Å². The molecule has 0 aliphatic carbocycles. The van der Waals surface area contributed by atoms with Crippen LogP contribution in [0.1, 0.15) is 32.1 Å². The Hall–Kier alpha value is -0.920. The van der Waals surface area contributed by atoms with Crippen molar-refractivity contribution in [1.29, 1.82) is 5.26 Å². The van der Waals surface area contributed by atoms with Gasteiger partial charge in [0.25, 0.3) is 0 Å². The molecule has 74 valence electrons. The summed E-state index contributed by atoms with van der Waals surface area (Å²) in [6, 6.07) is 1.58. The second kappa shape index (κ2) is 7.71. The first-order chi connectivity index (χ1) is 6.22. The molecule has 4 nitrogen and oxygen atoms in total. The molecule has 0 saturated heterocycles. The fourth-order valence-corrected chi connectivity index (χ4v) is 0.986. The Bertz CT molecular complexity index is 187. The van der Waals surface area contributed by atoms with Crippen LogP contribution in [0.4, 0.5) is 0 Å². The summed E-state index contributed by atoms with van der Waals surface area (Å²) >= 11 is 0. The quantitative estimate of drug-likeness (QED) is 0.530. The highest BCUT2D eigenvalue weighted by Crippen LogP contribution is 2.03. The van der Waals surface area contributed by atoms with Crippen LogP contribution in [0.15, 0.2) is 0 Å². The number of ketones is 1. The average Bonchev–Trinajstić information content (AvgIpc) is 2.16. The monoisotopic (exact) mass is 185 g/mol. The molecule has 0 saturated carbocycles. The van der Waals surface area contributed by atoms with Crippen LogP contribution in [0.2, 0.25) is 0 Å². The van der Waals surface area contributed by atoms with Crippen LogP contribution in [-0.4, -0.2) is 23.5 Å². The molecule has 0 aliphatic rings. The van der Waals surface area contributed by atoms with E-state index in [4.69, 9.17) is 10.4 Å². The van der Waals surface area contributed by atoms with Crippen molar-refractivity contribution in [3.63, 3.8) is 0 Å². The Morgan fingerprint density at radius 1 is 1.46 bits per heavy atom. The van der Waals surface area contributed by atoms with Crippen LogP contribution >= 0.6 is 0 Å². The average molecular weight is 185 g/mol. The molecule has 1 atom stereocenters. The predicted molar refractivity (Wildman–Crippen MR) is 47.5 cm³/mol. The number of quaternary nitrogens is 1. The number of carbonyl (C=O) groups is 1. The zero-order valence-corrected chi connectivity index (χ0v) is 7.83. The summed E-state index contributed by atoms with van der Waals surface area (Å²) in [6.45, 7) is -0.170. The first kappa shape index (κ1) is 12.1. The third-order valence-corrected chi connectivity index (χ3v) is 1.89. The minimum atomic E-state index is -0.476. The molecular weight excluding hydrogens is 168 g/mol. The molecule has 4 N–H and O–H groups in total. The highest BCUT2D eigenvalue weighted by Gasteiger charge is 2.14.